The first kappa shape index (κ1) is 17.8. The van der Waals surface area contributed by atoms with Crippen LogP contribution in [0.2, 0.25) is 0 Å². The second-order valence-electron chi connectivity index (χ2n) is 5.20. The topological polar surface area (TPSA) is 63.2 Å². The summed E-state index contributed by atoms with van der Waals surface area (Å²) >= 11 is 10.1. The molecule has 1 amide bonds. The van der Waals surface area contributed by atoms with E-state index in [-0.39, 0.29) is 11.0 Å². The second-order valence-corrected chi connectivity index (χ2v) is 7.55. The number of hydrogen-bond acceptors (Lipinski definition) is 5. The normalized spacial score (nSPS) is 10.5. The molecule has 0 bridgehead atoms. The summed E-state index contributed by atoms with van der Waals surface area (Å²) in [6, 6.07) is 11.4. The van der Waals surface area contributed by atoms with Gasteiger partial charge in [-0.3, -0.25) is 10.1 Å². The van der Waals surface area contributed by atoms with Crippen LogP contribution >= 0.6 is 39.5 Å². The molecule has 0 aliphatic heterocycles. The predicted octanol–water partition coefficient (Wildman–Crippen LogP) is 4.50. The third-order valence-electron chi connectivity index (χ3n) is 3.43. The number of carbonyl (C=O) groups excluding carboxylic acids is 1. The summed E-state index contributed by atoms with van der Waals surface area (Å²) in [5.41, 5.74) is 2.14. The third kappa shape index (κ3) is 3.97. The first-order chi connectivity index (χ1) is 12.0. The molecule has 8 heteroatoms. The molecule has 128 valence electrons. The molecule has 0 aliphatic rings. The molecule has 0 aliphatic carbocycles. The fourth-order valence-electron chi connectivity index (χ4n) is 2.39. The number of benzene rings is 2. The number of hydrogen-bond donors (Lipinski definition) is 2. The van der Waals surface area contributed by atoms with E-state index in [9.17, 15) is 4.79 Å². The first-order valence-electron chi connectivity index (χ1n) is 7.30. The van der Waals surface area contributed by atoms with Crippen LogP contribution in [0.3, 0.4) is 0 Å². The Morgan fingerprint density at radius 3 is 2.80 bits per heavy atom. The minimum atomic E-state index is -0.347. The van der Waals surface area contributed by atoms with Gasteiger partial charge >= 0.3 is 0 Å². The highest BCUT2D eigenvalue weighted by atomic mass is 79.9. The molecule has 0 spiro atoms. The lowest BCUT2D eigenvalue weighted by Crippen LogP contribution is -2.34. The highest BCUT2D eigenvalue weighted by molar-refractivity contribution is 9.10. The largest absolute Gasteiger partial charge is 0.496 e. The van der Waals surface area contributed by atoms with Crippen molar-refractivity contribution in [3.05, 3.63) is 52.0 Å². The molecule has 0 fully saturated rings. The average Bonchev–Trinajstić information content (AvgIpc) is 2.95. The van der Waals surface area contributed by atoms with E-state index in [1.807, 2.05) is 37.3 Å². The molecule has 0 radical (unpaired) electrons. The van der Waals surface area contributed by atoms with Crippen molar-refractivity contribution in [1.82, 2.24) is 10.3 Å². The van der Waals surface area contributed by atoms with Crippen LogP contribution in [0.1, 0.15) is 15.9 Å². The van der Waals surface area contributed by atoms with E-state index in [4.69, 9.17) is 17.0 Å². The fraction of sp³-hybridized carbons (Fsp3) is 0.118. The fourth-order valence-corrected chi connectivity index (χ4v) is 4.09. The third-order valence-corrected chi connectivity index (χ3v) is 5.04. The van der Waals surface area contributed by atoms with Gasteiger partial charge in [0.15, 0.2) is 10.2 Å². The predicted molar refractivity (Wildman–Crippen MR) is 109 cm³/mol. The first-order valence-corrected chi connectivity index (χ1v) is 9.31. The van der Waals surface area contributed by atoms with Gasteiger partial charge in [0.25, 0.3) is 5.91 Å². The lowest BCUT2D eigenvalue weighted by molar-refractivity contribution is 0.0974. The minimum absolute atomic E-state index is 0.184. The van der Waals surface area contributed by atoms with E-state index in [0.29, 0.717) is 16.4 Å². The number of thiazole rings is 1. The van der Waals surface area contributed by atoms with E-state index < -0.39 is 0 Å². The van der Waals surface area contributed by atoms with Gasteiger partial charge in [-0.25, -0.2) is 4.98 Å². The van der Waals surface area contributed by atoms with Gasteiger partial charge in [0, 0.05) is 4.47 Å². The van der Waals surface area contributed by atoms with Gasteiger partial charge in [0.1, 0.15) is 5.75 Å². The monoisotopic (exact) mass is 435 g/mol. The molecule has 0 atom stereocenters. The summed E-state index contributed by atoms with van der Waals surface area (Å²) in [5, 5.41) is 6.43. The molecule has 0 saturated carbocycles. The van der Waals surface area contributed by atoms with Crippen LogP contribution in [0.4, 0.5) is 5.13 Å². The highest BCUT2D eigenvalue weighted by Gasteiger charge is 2.17. The van der Waals surface area contributed by atoms with E-state index >= 15 is 0 Å². The molecule has 1 heterocycles. The number of methoxy groups -OCH3 is 1. The summed E-state index contributed by atoms with van der Waals surface area (Å²) in [4.78, 5) is 17.0. The Morgan fingerprint density at radius 2 is 2.08 bits per heavy atom. The van der Waals surface area contributed by atoms with Crippen LogP contribution in [-0.2, 0) is 0 Å². The number of halogens is 1. The molecular formula is C17H14BrN3O2S2. The van der Waals surface area contributed by atoms with E-state index in [1.165, 1.54) is 18.4 Å². The number of carbonyl (C=O) groups is 1. The maximum absolute atomic E-state index is 12.5. The Kier molecular flexibility index (Phi) is 5.31. The summed E-state index contributed by atoms with van der Waals surface area (Å²) < 4.78 is 7.17. The quantitative estimate of drug-likeness (QED) is 0.592. The van der Waals surface area contributed by atoms with Crippen molar-refractivity contribution < 1.29 is 9.53 Å². The van der Waals surface area contributed by atoms with Crippen LogP contribution in [0.15, 0.2) is 40.9 Å². The number of aryl methyl sites for hydroxylation is 1. The number of anilines is 1. The Hall–Kier alpha value is -2.03. The van der Waals surface area contributed by atoms with Crippen molar-refractivity contribution in [3.8, 4) is 5.75 Å². The Morgan fingerprint density at radius 1 is 1.32 bits per heavy atom. The van der Waals surface area contributed by atoms with Gasteiger partial charge in [0.05, 0.1) is 22.9 Å². The number of nitrogens with zero attached hydrogens (tertiary/aromatic N) is 1. The van der Waals surface area contributed by atoms with Crippen LogP contribution in [-0.4, -0.2) is 23.1 Å². The van der Waals surface area contributed by atoms with Gasteiger partial charge in [0.2, 0.25) is 0 Å². The molecular weight excluding hydrogens is 422 g/mol. The molecule has 3 aromatic rings. The van der Waals surface area contributed by atoms with Gasteiger partial charge in [-0.2, -0.15) is 0 Å². The summed E-state index contributed by atoms with van der Waals surface area (Å²) in [7, 11) is 1.53. The zero-order chi connectivity index (χ0) is 18.0. The molecule has 2 aromatic carbocycles. The molecule has 25 heavy (non-hydrogen) atoms. The van der Waals surface area contributed by atoms with E-state index in [2.05, 4.69) is 31.5 Å². The van der Waals surface area contributed by atoms with Gasteiger partial charge in [-0.1, -0.05) is 39.4 Å². The van der Waals surface area contributed by atoms with Crippen molar-refractivity contribution in [3.63, 3.8) is 0 Å². The maximum atomic E-state index is 12.5. The zero-order valence-electron chi connectivity index (χ0n) is 13.4. The number of fused-ring (bicyclic) bond motifs is 1. The van der Waals surface area contributed by atoms with Crippen LogP contribution in [0, 0.1) is 6.92 Å². The van der Waals surface area contributed by atoms with Crippen molar-refractivity contribution in [2.75, 3.05) is 12.4 Å². The van der Waals surface area contributed by atoms with Crippen molar-refractivity contribution in [1.29, 1.82) is 0 Å². The van der Waals surface area contributed by atoms with Crippen molar-refractivity contribution in [2.24, 2.45) is 0 Å². The number of ether oxygens (including phenoxy) is 1. The Labute approximate surface area is 162 Å². The van der Waals surface area contributed by atoms with Crippen molar-refractivity contribution >= 4 is 65.9 Å². The summed E-state index contributed by atoms with van der Waals surface area (Å²) in [5.74, 6) is 0.170. The second kappa shape index (κ2) is 7.47. The van der Waals surface area contributed by atoms with E-state index in [1.54, 1.807) is 6.07 Å². The van der Waals surface area contributed by atoms with Gasteiger partial charge in [-0.15, -0.1) is 0 Å². The Balaban J connectivity index is 1.75. The Bertz CT molecular complexity index is 939. The number of aromatic nitrogens is 1. The SMILES string of the molecule is COc1c(C)cc(Br)cc1C(=O)NC(=S)Nc1nc2ccccc2s1. The lowest BCUT2D eigenvalue weighted by Gasteiger charge is -2.13. The van der Waals surface area contributed by atoms with Gasteiger partial charge in [-0.05, 0) is 49.0 Å². The number of nitrogens with one attached hydrogen (secondary N) is 2. The molecule has 5 nitrogen and oxygen atoms in total. The number of thiocarbonyl (C=S) groups is 1. The molecule has 2 N–H and O–H groups in total. The standard InChI is InChI=1S/C17H14BrN3O2S2/c1-9-7-10(18)8-11(14(9)23-2)15(22)20-16(24)21-17-19-12-5-3-4-6-13(12)25-17/h3-8H,1-2H3,(H2,19,20,21,22,24). The van der Waals surface area contributed by atoms with Crippen molar-refractivity contribution in [2.45, 2.75) is 6.92 Å². The van der Waals surface area contributed by atoms with Crippen LogP contribution in [0.5, 0.6) is 5.75 Å². The smallest absolute Gasteiger partial charge is 0.261 e. The maximum Gasteiger partial charge on any atom is 0.261 e. The summed E-state index contributed by atoms with van der Waals surface area (Å²) in [6.45, 7) is 1.87. The number of rotatable bonds is 3. The molecule has 3 rings (SSSR count). The molecule has 1 aromatic heterocycles. The average molecular weight is 436 g/mol. The molecule has 0 unspecified atom stereocenters. The van der Waals surface area contributed by atoms with Crippen LogP contribution < -0.4 is 15.4 Å². The summed E-state index contributed by atoms with van der Waals surface area (Å²) in [6.07, 6.45) is 0. The number of amides is 1. The van der Waals surface area contributed by atoms with Gasteiger partial charge < -0.3 is 10.1 Å². The highest BCUT2D eigenvalue weighted by Crippen LogP contribution is 2.28. The van der Waals surface area contributed by atoms with Crippen LogP contribution in [0.25, 0.3) is 10.2 Å². The lowest BCUT2D eigenvalue weighted by atomic mass is 10.1. The zero-order valence-corrected chi connectivity index (χ0v) is 16.6. The minimum Gasteiger partial charge on any atom is -0.496 e. The number of para-hydroxylation sites is 1. The van der Waals surface area contributed by atoms with E-state index in [0.717, 1.165) is 20.3 Å². The molecule has 0 saturated heterocycles.